The molecule has 3 aromatic carbocycles. The molecule has 0 unspecified atom stereocenters. The first kappa shape index (κ1) is 26.6. The summed E-state index contributed by atoms with van der Waals surface area (Å²) in [6.07, 6.45) is 1.53. The smallest absolute Gasteiger partial charge is 0.264 e. The van der Waals surface area contributed by atoms with Gasteiger partial charge >= 0.3 is 0 Å². The van der Waals surface area contributed by atoms with E-state index in [2.05, 4.69) is 5.32 Å². The number of amides is 1. The maximum Gasteiger partial charge on any atom is 0.264 e. The second-order valence-corrected chi connectivity index (χ2v) is 12.1. The van der Waals surface area contributed by atoms with E-state index >= 15 is 0 Å². The van der Waals surface area contributed by atoms with Gasteiger partial charge in [0.1, 0.15) is 18.1 Å². The Bertz CT molecular complexity index is 1490. The van der Waals surface area contributed by atoms with Crippen molar-refractivity contribution in [3.05, 3.63) is 78.6 Å². The molecule has 0 aliphatic carbocycles. The highest BCUT2D eigenvalue weighted by atomic mass is 32.2. The van der Waals surface area contributed by atoms with E-state index in [1.807, 2.05) is 0 Å². The Balaban J connectivity index is 1.66. The second-order valence-electron chi connectivity index (χ2n) is 8.30. The second kappa shape index (κ2) is 10.9. The van der Waals surface area contributed by atoms with Crippen LogP contribution in [0.25, 0.3) is 0 Å². The van der Waals surface area contributed by atoms with Gasteiger partial charge in [-0.05, 0) is 55.3 Å². The number of sulfonamides is 2. The SMILES string of the molecule is COc1ccc(S(=O)(=O)N2CCCC2)cc1NC(=O)CN(c1ccccc1F)S(=O)(=O)c1ccccc1. The van der Waals surface area contributed by atoms with Crippen LogP contribution in [0, 0.1) is 5.82 Å². The highest BCUT2D eigenvalue weighted by Gasteiger charge is 2.31. The molecule has 0 atom stereocenters. The highest BCUT2D eigenvalue weighted by Crippen LogP contribution is 2.31. The standard InChI is InChI=1S/C25H26FN3O6S2/c1-35-24-14-13-20(36(31,32)28-15-7-8-16-28)17-22(24)27-25(30)18-29(23-12-6-5-11-21(23)26)37(33,34)19-9-3-2-4-10-19/h2-6,9-14,17H,7-8,15-16,18H2,1H3,(H,27,30). The molecule has 37 heavy (non-hydrogen) atoms. The van der Waals surface area contributed by atoms with Crippen LogP contribution >= 0.6 is 0 Å². The third-order valence-electron chi connectivity index (χ3n) is 5.89. The molecule has 0 aromatic heterocycles. The van der Waals surface area contributed by atoms with Gasteiger partial charge in [-0.15, -0.1) is 0 Å². The quantitative estimate of drug-likeness (QED) is 0.439. The Morgan fingerprint density at radius 1 is 0.946 bits per heavy atom. The molecule has 1 saturated heterocycles. The average molecular weight is 548 g/mol. The number of carbonyl (C=O) groups is 1. The van der Waals surface area contributed by atoms with Crippen molar-refractivity contribution in [1.82, 2.24) is 4.31 Å². The number of benzene rings is 3. The lowest BCUT2D eigenvalue weighted by Crippen LogP contribution is -2.38. The Kier molecular flexibility index (Phi) is 7.81. The van der Waals surface area contributed by atoms with Gasteiger partial charge in [-0.25, -0.2) is 21.2 Å². The first-order valence-electron chi connectivity index (χ1n) is 11.4. The monoisotopic (exact) mass is 547 g/mol. The zero-order chi connectivity index (χ0) is 26.6. The largest absolute Gasteiger partial charge is 0.495 e. The van der Waals surface area contributed by atoms with Crippen molar-refractivity contribution < 1.29 is 30.8 Å². The molecular weight excluding hydrogens is 521 g/mol. The van der Waals surface area contributed by atoms with Gasteiger partial charge in [0.2, 0.25) is 15.9 Å². The van der Waals surface area contributed by atoms with Crippen molar-refractivity contribution in [3.63, 3.8) is 0 Å². The van der Waals surface area contributed by atoms with E-state index in [4.69, 9.17) is 4.74 Å². The number of hydrogen-bond donors (Lipinski definition) is 1. The van der Waals surface area contributed by atoms with Gasteiger partial charge in [0.25, 0.3) is 10.0 Å². The van der Waals surface area contributed by atoms with Crippen LogP contribution in [0.5, 0.6) is 5.75 Å². The van der Waals surface area contributed by atoms with E-state index in [-0.39, 0.29) is 26.9 Å². The molecule has 1 aliphatic heterocycles. The number of nitrogens with one attached hydrogen (secondary N) is 1. The fraction of sp³-hybridized carbons (Fsp3) is 0.240. The molecule has 1 aliphatic rings. The van der Waals surface area contributed by atoms with Crippen LogP contribution in [0.3, 0.4) is 0 Å². The average Bonchev–Trinajstić information content (AvgIpc) is 3.44. The van der Waals surface area contributed by atoms with Gasteiger partial charge in [0, 0.05) is 13.1 Å². The van der Waals surface area contributed by atoms with E-state index in [0.717, 1.165) is 18.9 Å². The summed E-state index contributed by atoms with van der Waals surface area (Å²) in [5.74, 6) is -1.47. The fourth-order valence-corrected chi connectivity index (χ4v) is 7.01. The number of halogens is 1. The zero-order valence-corrected chi connectivity index (χ0v) is 21.6. The molecule has 3 aromatic rings. The lowest BCUT2D eigenvalue weighted by molar-refractivity contribution is -0.114. The van der Waals surface area contributed by atoms with E-state index in [0.29, 0.717) is 17.4 Å². The van der Waals surface area contributed by atoms with Crippen molar-refractivity contribution in [2.24, 2.45) is 0 Å². The Labute approximate surface area is 215 Å². The van der Waals surface area contributed by atoms with Gasteiger partial charge in [-0.1, -0.05) is 30.3 Å². The van der Waals surface area contributed by atoms with Crippen molar-refractivity contribution in [2.45, 2.75) is 22.6 Å². The predicted octanol–water partition coefficient (Wildman–Crippen LogP) is 3.45. The van der Waals surface area contributed by atoms with Crippen LogP contribution in [-0.4, -0.2) is 53.8 Å². The normalized spacial score (nSPS) is 14.3. The molecule has 9 nitrogen and oxygen atoms in total. The molecular formula is C25H26FN3O6S2. The Morgan fingerprint density at radius 3 is 2.24 bits per heavy atom. The van der Waals surface area contributed by atoms with Gasteiger partial charge in [-0.3, -0.25) is 9.10 Å². The van der Waals surface area contributed by atoms with E-state index < -0.39 is 38.3 Å². The summed E-state index contributed by atoms with van der Waals surface area (Å²) in [7, 11) is -6.75. The van der Waals surface area contributed by atoms with E-state index in [9.17, 15) is 26.0 Å². The van der Waals surface area contributed by atoms with Crippen LogP contribution in [-0.2, 0) is 24.8 Å². The van der Waals surface area contributed by atoms with Crippen molar-refractivity contribution in [1.29, 1.82) is 0 Å². The molecule has 196 valence electrons. The highest BCUT2D eigenvalue weighted by molar-refractivity contribution is 7.92. The number of carbonyl (C=O) groups excluding carboxylic acids is 1. The molecule has 4 rings (SSSR count). The third kappa shape index (κ3) is 5.60. The summed E-state index contributed by atoms with van der Waals surface area (Å²) in [6.45, 7) is 0.0421. The van der Waals surface area contributed by atoms with Crippen LogP contribution in [0.2, 0.25) is 0 Å². The lowest BCUT2D eigenvalue weighted by atomic mass is 10.3. The fourth-order valence-electron chi connectivity index (χ4n) is 4.02. The number of anilines is 2. The molecule has 0 radical (unpaired) electrons. The maximum atomic E-state index is 14.7. The van der Waals surface area contributed by atoms with Crippen molar-refractivity contribution in [2.75, 3.05) is 36.4 Å². The first-order valence-corrected chi connectivity index (χ1v) is 14.3. The third-order valence-corrected chi connectivity index (χ3v) is 9.56. The molecule has 0 saturated carbocycles. The number of ether oxygens (including phenoxy) is 1. The van der Waals surface area contributed by atoms with Gasteiger partial charge in [0.15, 0.2) is 0 Å². The summed E-state index contributed by atoms with van der Waals surface area (Å²) in [5.41, 5.74) is -0.266. The number of hydrogen-bond acceptors (Lipinski definition) is 6. The Morgan fingerprint density at radius 2 is 1.59 bits per heavy atom. The first-order chi connectivity index (χ1) is 17.6. The molecule has 1 fully saturated rings. The molecule has 12 heteroatoms. The number of para-hydroxylation sites is 1. The van der Waals surface area contributed by atoms with E-state index in [1.54, 1.807) is 6.07 Å². The maximum absolute atomic E-state index is 14.7. The van der Waals surface area contributed by atoms with Gasteiger partial charge < -0.3 is 10.1 Å². The summed E-state index contributed by atoms with van der Waals surface area (Å²) in [5, 5.41) is 2.53. The molecule has 1 N–H and O–H groups in total. The molecule has 1 amide bonds. The number of methoxy groups -OCH3 is 1. The van der Waals surface area contributed by atoms with Crippen molar-refractivity contribution >= 4 is 37.3 Å². The lowest BCUT2D eigenvalue weighted by Gasteiger charge is -2.24. The van der Waals surface area contributed by atoms with Crippen LogP contribution in [0.1, 0.15) is 12.8 Å². The summed E-state index contributed by atoms with van der Waals surface area (Å²) >= 11 is 0. The predicted molar refractivity (Wildman–Crippen MR) is 137 cm³/mol. The Hall–Kier alpha value is -3.48. The van der Waals surface area contributed by atoms with Crippen LogP contribution in [0.4, 0.5) is 15.8 Å². The molecule has 0 bridgehead atoms. The summed E-state index contributed by atoms with van der Waals surface area (Å²) in [4.78, 5) is 13.0. The molecule has 0 spiro atoms. The van der Waals surface area contributed by atoms with Crippen molar-refractivity contribution in [3.8, 4) is 5.75 Å². The van der Waals surface area contributed by atoms with Gasteiger partial charge in [-0.2, -0.15) is 4.31 Å². The van der Waals surface area contributed by atoms with Crippen LogP contribution in [0.15, 0.2) is 82.6 Å². The zero-order valence-electron chi connectivity index (χ0n) is 20.0. The number of nitrogens with zero attached hydrogens (tertiary/aromatic N) is 2. The molecule has 1 heterocycles. The number of rotatable bonds is 9. The summed E-state index contributed by atoms with van der Waals surface area (Å²) in [6, 6.07) is 16.6. The minimum absolute atomic E-state index is 0.0339. The topological polar surface area (TPSA) is 113 Å². The van der Waals surface area contributed by atoms with Gasteiger partial charge in [0.05, 0.1) is 28.3 Å². The minimum atomic E-state index is -4.32. The summed E-state index contributed by atoms with van der Waals surface area (Å²) < 4.78 is 74.8. The van der Waals surface area contributed by atoms with Crippen LogP contribution < -0.4 is 14.4 Å². The van der Waals surface area contributed by atoms with E-state index in [1.165, 1.54) is 72.1 Å². The minimum Gasteiger partial charge on any atom is -0.495 e.